The molecular weight excluding hydrogens is 249 g/mol. The van der Waals surface area contributed by atoms with Gasteiger partial charge in [-0.2, -0.15) is 0 Å². The van der Waals surface area contributed by atoms with Crippen LogP contribution < -0.4 is 0 Å². The molecule has 1 N–H and O–H groups in total. The number of benzene rings is 1. The zero-order valence-corrected chi connectivity index (χ0v) is 11.8. The Morgan fingerprint density at radius 3 is 2.50 bits per heavy atom. The molecule has 2 nitrogen and oxygen atoms in total. The topological polar surface area (TPSA) is 23.5 Å². The molecule has 0 spiro atoms. The van der Waals surface area contributed by atoms with Crippen LogP contribution in [0.25, 0.3) is 0 Å². The second-order valence-electron chi connectivity index (χ2n) is 4.39. The van der Waals surface area contributed by atoms with E-state index < -0.39 is 0 Å². The highest BCUT2D eigenvalue weighted by molar-refractivity contribution is 7.99. The summed E-state index contributed by atoms with van der Waals surface area (Å²) in [5.74, 6) is 0.836. The van der Waals surface area contributed by atoms with Gasteiger partial charge in [0.25, 0.3) is 0 Å². The third-order valence-electron chi connectivity index (χ3n) is 2.75. The lowest BCUT2D eigenvalue weighted by Crippen LogP contribution is -2.22. The van der Waals surface area contributed by atoms with Crippen LogP contribution >= 0.6 is 11.8 Å². The standard InChI is InChI=1S/C14H22FNOS/c1-16(9-3-2-4-11-17)10-12-18-14-7-5-13(15)6-8-14/h5-8,17H,2-4,9-12H2,1H3. The Morgan fingerprint density at radius 2 is 1.83 bits per heavy atom. The van der Waals surface area contributed by atoms with Crippen molar-refractivity contribution in [2.75, 3.05) is 32.5 Å². The zero-order chi connectivity index (χ0) is 13.2. The molecule has 0 aliphatic carbocycles. The van der Waals surface area contributed by atoms with Crippen molar-refractivity contribution >= 4 is 11.8 Å². The third-order valence-corrected chi connectivity index (χ3v) is 3.75. The van der Waals surface area contributed by atoms with Crippen molar-refractivity contribution < 1.29 is 9.50 Å². The molecule has 0 heterocycles. The summed E-state index contributed by atoms with van der Waals surface area (Å²) >= 11 is 1.75. The van der Waals surface area contributed by atoms with Gasteiger partial charge in [-0.25, -0.2) is 4.39 Å². The smallest absolute Gasteiger partial charge is 0.123 e. The Kier molecular flexibility index (Phi) is 8.05. The van der Waals surface area contributed by atoms with Crippen molar-refractivity contribution in [2.45, 2.75) is 24.2 Å². The van der Waals surface area contributed by atoms with Crippen molar-refractivity contribution in [3.8, 4) is 0 Å². The van der Waals surface area contributed by atoms with Crippen LogP contribution in [0.4, 0.5) is 4.39 Å². The molecule has 18 heavy (non-hydrogen) atoms. The van der Waals surface area contributed by atoms with Gasteiger partial charge in [0.1, 0.15) is 5.82 Å². The molecule has 0 saturated carbocycles. The van der Waals surface area contributed by atoms with Gasteiger partial charge in [0.15, 0.2) is 0 Å². The van der Waals surface area contributed by atoms with E-state index in [2.05, 4.69) is 11.9 Å². The van der Waals surface area contributed by atoms with Crippen LogP contribution in [-0.2, 0) is 0 Å². The molecule has 0 atom stereocenters. The number of rotatable bonds is 9. The van der Waals surface area contributed by atoms with Crippen LogP contribution in [0.5, 0.6) is 0 Å². The molecular formula is C14H22FNOS. The Balaban J connectivity index is 2.07. The maximum atomic E-state index is 12.7. The van der Waals surface area contributed by atoms with Gasteiger partial charge in [-0.3, -0.25) is 0 Å². The number of thioether (sulfide) groups is 1. The summed E-state index contributed by atoms with van der Waals surface area (Å²) in [5, 5.41) is 8.67. The molecule has 0 fully saturated rings. The third kappa shape index (κ3) is 6.99. The Hall–Kier alpha value is -0.580. The lowest BCUT2D eigenvalue weighted by atomic mass is 10.2. The second kappa shape index (κ2) is 9.36. The van der Waals surface area contributed by atoms with Crippen LogP contribution in [0.1, 0.15) is 19.3 Å². The number of halogens is 1. The van der Waals surface area contributed by atoms with E-state index in [0.717, 1.165) is 43.0 Å². The molecule has 1 rings (SSSR count). The number of nitrogens with zero attached hydrogens (tertiary/aromatic N) is 1. The largest absolute Gasteiger partial charge is 0.396 e. The van der Waals surface area contributed by atoms with E-state index in [9.17, 15) is 4.39 Å². The van der Waals surface area contributed by atoms with Gasteiger partial charge in [-0.1, -0.05) is 0 Å². The zero-order valence-electron chi connectivity index (χ0n) is 10.9. The quantitative estimate of drug-likeness (QED) is 0.552. The number of hydrogen-bond acceptors (Lipinski definition) is 3. The molecule has 102 valence electrons. The molecule has 1 aromatic rings. The molecule has 0 aromatic heterocycles. The molecule has 0 radical (unpaired) electrons. The minimum Gasteiger partial charge on any atom is -0.396 e. The van der Waals surface area contributed by atoms with Gasteiger partial charge in [-0.05, 0) is 57.1 Å². The summed E-state index contributed by atoms with van der Waals surface area (Å²) in [6, 6.07) is 6.64. The van der Waals surface area contributed by atoms with Crippen LogP contribution in [0, 0.1) is 5.82 Å². The highest BCUT2D eigenvalue weighted by Gasteiger charge is 2.00. The fourth-order valence-electron chi connectivity index (χ4n) is 1.63. The highest BCUT2D eigenvalue weighted by Crippen LogP contribution is 2.17. The minimum atomic E-state index is -0.180. The Morgan fingerprint density at radius 1 is 1.11 bits per heavy atom. The summed E-state index contributed by atoms with van der Waals surface area (Å²) in [7, 11) is 2.12. The number of aliphatic hydroxyl groups is 1. The molecule has 0 aliphatic rings. The number of aliphatic hydroxyl groups excluding tert-OH is 1. The van der Waals surface area contributed by atoms with Crippen LogP contribution in [0.15, 0.2) is 29.2 Å². The van der Waals surface area contributed by atoms with E-state index in [1.165, 1.54) is 12.1 Å². The Bertz CT molecular complexity index is 318. The van der Waals surface area contributed by atoms with Crippen LogP contribution in [-0.4, -0.2) is 42.5 Å². The monoisotopic (exact) mass is 271 g/mol. The van der Waals surface area contributed by atoms with E-state index in [1.807, 2.05) is 12.1 Å². The average molecular weight is 271 g/mol. The molecule has 0 aliphatic heterocycles. The average Bonchev–Trinajstić information content (AvgIpc) is 2.37. The van der Waals surface area contributed by atoms with Gasteiger partial charge in [0.2, 0.25) is 0 Å². The normalized spacial score (nSPS) is 11.1. The SMILES string of the molecule is CN(CCCCCO)CCSc1ccc(F)cc1. The molecule has 0 saturated heterocycles. The summed E-state index contributed by atoms with van der Waals surface area (Å²) in [6.45, 7) is 2.40. The molecule has 4 heteroatoms. The van der Waals surface area contributed by atoms with Gasteiger partial charge in [0, 0.05) is 23.8 Å². The summed E-state index contributed by atoms with van der Waals surface area (Å²) in [6.07, 6.45) is 3.13. The van der Waals surface area contributed by atoms with Gasteiger partial charge >= 0.3 is 0 Å². The van der Waals surface area contributed by atoms with Crippen molar-refractivity contribution in [3.63, 3.8) is 0 Å². The van der Waals surface area contributed by atoms with E-state index >= 15 is 0 Å². The summed E-state index contributed by atoms with van der Waals surface area (Å²) in [4.78, 5) is 3.42. The van der Waals surface area contributed by atoms with Crippen molar-refractivity contribution in [1.82, 2.24) is 4.90 Å². The van der Waals surface area contributed by atoms with E-state index in [-0.39, 0.29) is 5.82 Å². The van der Waals surface area contributed by atoms with Gasteiger partial charge in [-0.15, -0.1) is 11.8 Å². The maximum Gasteiger partial charge on any atom is 0.123 e. The summed E-state index contributed by atoms with van der Waals surface area (Å²) in [5.41, 5.74) is 0. The second-order valence-corrected chi connectivity index (χ2v) is 5.56. The Labute approximate surface area is 113 Å². The number of unbranched alkanes of at least 4 members (excludes halogenated alkanes) is 2. The molecule has 0 unspecified atom stereocenters. The maximum absolute atomic E-state index is 12.7. The molecule has 0 amide bonds. The van der Waals surface area contributed by atoms with Crippen LogP contribution in [0.2, 0.25) is 0 Å². The number of hydrogen-bond donors (Lipinski definition) is 1. The first kappa shape index (κ1) is 15.5. The van der Waals surface area contributed by atoms with Crippen molar-refractivity contribution in [3.05, 3.63) is 30.1 Å². The van der Waals surface area contributed by atoms with E-state index in [4.69, 9.17) is 5.11 Å². The van der Waals surface area contributed by atoms with Crippen molar-refractivity contribution in [1.29, 1.82) is 0 Å². The van der Waals surface area contributed by atoms with E-state index in [0.29, 0.717) is 6.61 Å². The lowest BCUT2D eigenvalue weighted by molar-refractivity contribution is 0.275. The minimum absolute atomic E-state index is 0.180. The first-order valence-electron chi connectivity index (χ1n) is 6.40. The lowest BCUT2D eigenvalue weighted by Gasteiger charge is -2.15. The first-order chi connectivity index (χ1) is 8.72. The van der Waals surface area contributed by atoms with Crippen molar-refractivity contribution in [2.24, 2.45) is 0 Å². The first-order valence-corrected chi connectivity index (χ1v) is 7.38. The summed E-state index contributed by atoms with van der Waals surface area (Å²) < 4.78 is 12.7. The predicted molar refractivity (Wildman–Crippen MR) is 75.6 cm³/mol. The van der Waals surface area contributed by atoms with Crippen LogP contribution in [0.3, 0.4) is 0 Å². The fraction of sp³-hybridized carbons (Fsp3) is 0.571. The van der Waals surface area contributed by atoms with E-state index in [1.54, 1.807) is 11.8 Å². The molecule has 1 aromatic carbocycles. The van der Waals surface area contributed by atoms with Gasteiger partial charge < -0.3 is 10.0 Å². The van der Waals surface area contributed by atoms with Gasteiger partial charge in [0.05, 0.1) is 0 Å². The molecule has 0 bridgehead atoms. The highest BCUT2D eigenvalue weighted by atomic mass is 32.2. The predicted octanol–water partition coefficient (Wildman–Crippen LogP) is 3.01. The fourth-order valence-corrected chi connectivity index (χ4v) is 2.60.